The van der Waals surface area contributed by atoms with Crippen molar-refractivity contribution in [2.75, 3.05) is 29.9 Å². The van der Waals surface area contributed by atoms with Gasteiger partial charge in [-0.05, 0) is 48.4 Å². The fourth-order valence-corrected chi connectivity index (χ4v) is 3.69. The van der Waals surface area contributed by atoms with Gasteiger partial charge in [-0.15, -0.1) is 0 Å². The van der Waals surface area contributed by atoms with Gasteiger partial charge in [0, 0.05) is 36.9 Å². The summed E-state index contributed by atoms with van der Waals surface area (Å²) in [5, 5.41) is 1.07. The van der Waals surface area contributed by atoms with Crippen molar-refractivity contribution in [1.29, 1.82) is 0 Å². The third kappa shape index (κ3) is 2.79. The summed E-state index contributed by atoms with van der Waals surface area (Å²) in [5.41, 5.74) is 5.01. The Bertz CT molecular complexity index is 1010. The molecule has 0 aliphatic carbocycles. The average Bonchev–Trinajstić information content (AvgIpc) is 3.09. The first kappa shape index (κ1) is 16.8. The molecule has 2 aromatic carbocycles. The normalized spacial score (nSPS) is 14.3. The van der Waals surface area contributed by atoms with E-state index in [9.17, 15) is 8.76 Å². The molecule has 26 heavy (non-hydrogen) atoms. The van der Waals surface area contributed by atoms with E-state index >= 15 is 0 Å². The number of anilines is 3. The topological polar surface area (TPSA) is 65.9 Å². The molecule has 2 heterocycles. The maximum absolute atomic E-state index is 11.3. The van der Waals surface area contributed by atoms with Crippen molar-refractivity contribution in [3.05, 3.63) is 54.2 Å². The highest BCUT2D eigenvalue weighted by molar-refractivity contribution is 7.80. The second-order valence-electron chi connectivity index (χ2n) is 6.16. The van der Waals surface area contributed by atoms with Crippen LogP contribution in [0.1, 0.15) is 5.56 Å². The number of methoxy groups -OCH3 is 1. The molecule has 0 bridgehead atoms. The Morgan fingerprint density at radius 2 is 2.04 bits per heavy atom. The first-order chi connectivity index (χ1) is 12.6. The minimum absolute atomic E-state index is 0.732. The van der Waals surface area contributed by atoms with E-state index in [1.165, 1.54) is 9.87 Å². The SMILES string of the molecule is COc1ccc2c(N3CCc4cc(N(C)S(=O)O)ccc43)ccnc2c1. The van der Waals surface area contributed by atoms with Gasteiger partial charge in [-0.2, -0.15) is 0 Å². The lowest BCUT2D eigenvalue weighted by atomic mass is 10.1. The molecule has 134 valence electrons. The zero-order valence-electron chi connectivity index (χ0n) is 14.5. The van der Waals surface area contributed by atoms with Crippen molar-refractivity contribution in [3.63, 3.8) is 0 Å². The first-order valence-corrected chi connectivity index (χ1v) is 9.33. The number of pyridine rings is 1. The van der Waals surface area contributed by atoms with E-state index in [1.807, 2.05) is 48.7 Å². The van der Waals surface area contributed by atoms with Crippen molar-refractivity contribution < 1.29 is 13.5 Å². The van der Waals surface area contributed by atoms with E-state index in [2.05, 4.69) is 9.88 Å². The summed E-state index contributed by atoms with van der Waals surface area (Å²) >= 11 is -2.02. The van der Waals surface area contributed by atoms with Gasteiger partial charge in [0.2, 0.25) is 0 Å². The van der Waals surface area contributed by atoms with Gasteiger partial charge < -0.3 is 9.64 Å². The van der Waals surface area contributed by atoms with Gasteiger partial charge in [0.1, 0.15) is 5.75 Å². The van der Waals surface area contributed by atoms with Crippen LogP contribution in [0.15, 0.2) is 48.7 Å². The molecule has 4 rings (SSSR count). The van der Waals surface area contributed by atoms with Crippen molar-refractivity contribution in [2.24, 2.45) is 0 Å². The van der Waals surface area contributed by atoms with Crippen molar-refractivity contribution >= 4 is 39.2 Å². The second-order valence-corrected chi connectivity index (χ2v) is 7.17. The van der Waals surface area contributed by atoms with E-state index in [0.29, 0.717) is 0 Å². The Morgan fingerprint density at radius 3 is 2.81 bits per heavy atom. The fraction of sp³-hybridized carbons (Fsp3) is 0.211. The molecule has 0 saturated carbocycles. The van der Waals surface area contributed by atoms with Gasteiger partial charge in [-0.3, -0.25) is 13.8 Å². The largest absolute Gasteiger partial charge is 0.497 e. The highest BCUT2D eigenvalue weighted by Gasteiger charge is 2.23. The number of hydrogen-bond donors (Lipinski definition) is 1. The number of nitrogens with zero attached hydrogens (tertiary/aromatic N) is 3. The lowest BCUT2D eigenvalue weighted by molar-refractivity contribution is 0.415. The standard InChI is InChI=1S/C19H19N3O3S/c1-21(26(23)24)14-3-6-18-13(11-14)8-10-22(18)19-7-9-20-17-12-15(25-2)4-5-16(17)19/h3-7,9,11-12H,8,10H2,1-2H3,(H,23,24). The van der Waals surface area contributed by atoms with Gasteiger partial charge in [-0.1, -0.05) is 0 Å². The van der Waals surface area contributed by atoms with Gasteiger partial charge >= 0.3 is 0 Å². The smallest absolute Gasteiger partial charge is 0.261 e. The molecule has 1 aliphatic rings. The Morgan fingerprint density at radius 1 is 1.19 bits per heavy atom. The van der Waals surface area contributed by atoms with Crippen LogP contribution >= 0.6 is 0 Å². The molecule has 1 N–H and O–H groups in total. The summed E-state index contributed by atoms with van der Waals surface area (Å²) in [6, 6.07) is 13.8. The molecule has 0 amide bonds. The summed E-state index contributed by atoms with van der Waals surface area (Å²) < 4.78 is 27.2. The number of ether oxygens (including phenoxy) is 1. The molecule has 0 radical (unpaired) electrons. The maximum Gasteiger partial charge on any atom is 0.261 e. The quantitative estimate of drug-likeness (QED) is 0.713. The molecular formula is C19H19N3O3S. The van der Waals surface area contributed by atoms with Crippen molar-refractivity contribution in [2.45, 2.75) is 6.42 Å². The number of benzene rings is 2. The molecule has 0 spiro atoms. The Hall–Kier alpha value is -2.64. The first-order valence-electron chi connectivity index (χ1n) is 8.26. The molecule has 1 atom stereocenters. The minimum Gasteiger partial charge on any atom is -0.497 e. The van der Waals surface area contributed by atoms with Crippen molar-refractivity contribution in [3.8, 4) is 5.75 Å². The van der Waals surface area contributed by atoms with Crippen LogP contribution in [-0.2, 0) is 17.7 Å². The van der Waals surface area contributed by atoms with Crippen LogP contribution in [-0.4, -0.2) is 34.4 Å². The average molecular weight is 369 g/mol. The maximum atomic E-state index is 11.3. The van der Waals surface area contributed by atoms with Crippen LogP contribution in [0.2, 0.25) is 0 Å². The zero-order valence-corrected chi connectivity index (χ0v) is 15.4. The zero-order chi connectivity index (χ0) is 18.3. The molecular weight excluding hydrogens is 350 g/mol. The molecule has 1 aliphatic heterocycles. The molecule has 7 heteroatoms. The summed E-state index contributed by atoms with van der Waals surface area (Å²) in [6.07, 6.45) is 2.70. The summed E-state index contributed by atoms with van der Waals surface area (Å²) in [5.74, 6) is 0.786. The van der Waals surface area contributed by atoms with Crippen molar-refractivity contribution in [1.82, 2.24) is 4.98 Å². The van der Waals surface area contributed by atoms with E-state index in [0.717, 1.165) is 46.7 Å². The van der Waals surface area contributed by atoms with Crippen LogP contribution in [0.4, 0.5) is 17.1 Å². The van der Waals surface area contributed by atoms with E-state index < -0.39 is 11.3 Å². The summed E-state index contributed by atoms with van der Waals surface area (Å²) in [7, 11) is 3.25. The van der Waals surface area contributed by atoms with Crippen LogP contribution < -0.4 is 13.9 Å². The third-order valence-electron chi connectivity index (χ3n) is 4.77. The molecule has 1 aromatic heterocycles. The number of fused-ring (bicyclic) bond motifs is 2. The Kier molecular flexibility index (Phi) is 4.26. The van der Waals surface area contributed by atoms with Crippen LogP contribution in [0.5, 0.6) is 5.75 Å². The second kappa shape index (κ2) is 6.59. The molecule has 0 saturated heterocycles. The summed E-state index contributed by atoms with van der Waals surface area (Å²) in [4.78, 5) is 6.73. The Balaban J connectivity index is 1.76. The predicted octanol–water partition coefficient (Wildman–Crippen LogP) is 3.51. The third-order valence-corrected chi connectivity index (χ3v) is 5.45. The number of hydrogen-bond acceptors (Lipinski definition) is 4. The number of rotatable bonds is 4. The predicted molar refractivity (Wildman–Crippen MR) is 105 cm³/mol. The monoisotopic (exact) mass is 369 g/mol. The highest BCUT2D eigenvalue weighted by Crippen LogP contribution is 2.39. The molecule has 3 aromatic rings. The summed E-state index contributed by atoms with van der Waals surface area (Å²) in [6.45, 7) is 0.857. The van der Waals surface area contributed by atoms with Crippen LogP contribution in [0.25, 0.3) is 10.9 Å². The minimum atomic E-state index is -2.02. The lowest BCUT2D eigenvalue weighted by Crippen LogP contribution is -2.19. The highest BCUT2D eigenvalue weighted by atomic mass is 32.2. The van der Waals surface area contributed by atoms with E-state index in [1.54, 1.807) is 14.2 Å². The molecule has 6 nitrogen and oxygen atoms in total. The van der Waals surface area contributed by atoms with Crippen LogP contribution in [0.3, 0.4) is 0 Å². The number of aromatic nitrogens is 1. The molecule has 1 unspecified atom stereocenters. The van der Waals surface area contributed by atoms with Crippen LogP contribution in [0, 0.1) is 0 Å². The molecule has 0 fully saturated rings. The Labute approximate surface area is 154 Å². The fourth-order valence-electron chi connectivity index (χ4n) is 3.40. The lowest BCUT2D eigenvalue weighted by Gasteiger charge is -2.22. The van der Waals surface area contributed by atoms with Gasteiger partial charge in [0.15, 0.2) is 0 Å². The van der Waals surface area contributed by atoms with Gasteiger partial charge in [0.05, 0.1) is 24.0 Å². The van der Waals surface area contributed by atoms with Gasteiger partial charge in [-0.25, -0.2) is 4.21 Å². The van der Waals surface area contributed by atoms with E-state index in [-0.39, 0.29) is 0 Å². The van der Waals surface area contributed by atoms with Gasteiger partial charge in [0.25, 0.3) is 11.3 Å². The van der Waals surface area contributed by atoms with E-state index in [4.69, 9.17) is 4.74 Å².